The van der Waals surface area contributed by atoms with E-state index < -0.39 is 67.9 Å². The van der Waals surface area contributed by atoms with Gasteiger partial charge in [0.15, 0.2) is 5.82 Å². The Kier molecular flexibility index (Phi) is 14.4. The number of ether oxygens (including phenoxy) is 4. The molecular weight excluding hydrogens is 625 g/mol. The van der Waals surface area contributed by atoms with E-state index in [-0.39, 0.29) is 54.6 Å². The molecule has 1 aliphatic carbocycles. The van der Waals surface area contributed by atoms with Crippen LogP contribution in [-0.4, -0.2) is 104 Å². The zero-order valence-corrected chi connectivity index (χ0v) is 29.0. The van der Waals surface area contributed by atoms with Crippen LogP contribution < -0.4 is 31.7 Å². The van der Waals surface area contributed by atoms with Crippen LogP contribution in [0.15, 0.2) is 0 Å². The summed E-state index contributed by atoms with van der Waals surface area (Å²) in [6.07, 6.45) is -2.21. The van der Waals surface area contributed by atoms with Gasteiger partial charge in [0.25, 0.3) is 0 Å². The van der Waals surface area contributed by atoms with Crippen LogP contribution in [0.3, 0.4) is 0 Å². The number of hydrogen-bond donors (Lipinski definition) is 7. The summed E-state index contributed by atoms with van der Waals surface area (Å²) in [6, 6.07) is -2.12. The minimum absolute atomic E-state index is 0.00284. The normalized spacial score (nSPS) is 23.2. The molecule has 9 N–H and O–H groups in total. The molecule has 1 aromatic rings. The number of carbonyl (C=O) groups excluding carboxylic acids is 2. The third-order valence-electron chi connectivity index (χ3n) is 8.02. The number of esters is 2. The van der Waals surface area contributed by atoms with Crippen LogP contribution in [0.1, 0.15) is 47.5 Å². The Morgan fingerprint density at radius 3 is 1.93 bits per heavy atom. The van der Waals surface area contributed by atoms with Crippen LogP contribution in [0.5, 0.6) is 5.88 Å². The SMILES string of the molecule is COC(=O)C(CC(C)C)NP(=O)(NC(CC(C)C)C(=O)OC)OCC(OC)C(O)C1(O)C(C)C1CNc1c(N)nc(N)nc1OC. The first kappa shape index (κ1) is 39.4. The van der Waals surface area contributed by atoms with Gasteiger partial charge >= 0.3 is 19.6 Å². The molecule has 0 amide bonds. The molecule has 1 aliphatic rings. The fraction of sp³-hybridized carbons (Fsp3) is 0.786. The van der Waals surface area contributed by atoms with Crippen molar-refractivity contribution in [3.05, 3.63) is 0 Å². The van der Waals surface area contributed by atoms with Crippen molar-refractivity contribution >= 4 is 37.1 Å². The molecule has 18 heteroatoms. The maximum absolute atomic E-state index is 14.3. The smallest absolute Gasteiger partial charge is 0.342 e. The fourth-order valence-electron chi connectivity index (χ4n) is 5.40. The lowest BCUT2D eigenvalue weighted by molar-refractivity contribution is -0.143. The predicted molar refractivity (Wildman–Crippen MR) is 171 cm³/mol. The average molecular weight is 678 g/mol. The van der Waals surface area contributed by atoms with E-state index in [0.29, 0.717) is 0 Å². The van der Waals surface area contributed by atoms with Crippen molar-refractivity contribution in [2.45, 2.75) is 77.4 Å². The van der Waals surface area contributed by atoms with Crippen molar-refractivity contribution in [3.8, 4) is 5.88 Å². The Morgan fingerprint density at radius 2 is 1.50 bits per heavy atom. The lowest BCUT2D eigenvalue weighted by atomic mass is 10.0. The van der Waals surface area contributed by atoms with Gasteiger partial charge in [-0.1, -0.05) is 34.6 Å². The lowest BCUT2D eigenvalue weighted by Crippen LogP contribution is -2.48. The summed E-state index contributed by atoms with van der Waals surface area (Å²) in [6.45, 7) is 8.89. The molecule has 2 rings (SSSR count). The molecule has 1 heterocycles. The number of methoxy groups -OCH3 is 4. The second-order valence-corrected chi connectivity index (χ2v) is 14.1. The van der Waals surface area contributed by atoms with E-state index >= 15 is 0 Å². The largest absolute Gasteiger partial charge is 0.479 e. The summed E-state index contributed by atoms with van der Waals surface area (Å²) in [7, 11) is 0.849. The number of nitrogens with two attached hydrogens (primary N) is 2. The number of rotatable bonds is 20. The first-order valence-corrected chi connectivity index (χ1v) is 16.7. The third-order valence-corrected chi connectivity index (χ3v) is 9.83. The number of aliphatic hydroxyl groups excluding tert-OH is 1. The van der Waals surface area contributed by atoms with Gasteiger partial charge in [-0.2, -0.15) is 9.97 Å². The summed E-state index contributed by atoms with van der Waals surface area (Å²) in [5.41, 5.74) is 10.3. The topological polar surface area (TPSA) is 252 Å². The Hall–Kier alpha value is -2.79. The zero-order valence-electron chi connectivity index (χ0n) is 28.1. The second-order valence-electron chi connectivity index (χ2n) is 12.2. The molecule has 0 radical (unpaired) electrons. The van der Waals surface area contributed by atoms with Gasteiger partial charge in [-0.15, -0.1) is 0 Å². The summed E-state index contributed by atoms with van der Waals surface area (Å²) < 4.78 is 40.7. The van der Waals surface area contributed by atoms with Crippen LogP contribution >= 0.6 is 7.67 Å². The number of hydrogen-bond acceptors (Lipinski definition) is 15. The number of nitrogens with one attached hydrogen (secondary N) is 3. The number of aromatic nitrogens is 2. The number of nitrogens with zero attached hydrogens (tertiary/aromatic N) is 2. The van der Waals surface area contributed by atoms with Gasteiger partial charge in [0.1, 0.15) is 35.6 Å². The molecule has 0 saturated heterocycles. The monoisotopic (exact) mass is 677 g/mol. The molecule has 0 aliphatic heterocycles. The number of aliphatic hydroxyl groups is 2. The molecular formula is C28H52N7O10P. The summed E-state index contributed by atoms with van der Waals surface area (Å²) in [5, 5.41) is 31.4. The van der Waals surface area contributed by atoms with Crippen LogP contribution in [0.2, 0.25) is 0 Å². The molecule has 46 heavy (non-hydrogen) atoms. The van der Waals surface area contributed by atoms with Gasteiger partial charge in [0.2, 0.25) is 11.8 Å². The molecule has 17 nitrogen and oxygen atoms in total. The molecule has 1 fully saturated rings. The number of nitrogen functional groups attached to an aromatic ring is 2. The van der Waals surface area contributed by atoms with Crippen molar-refractivity contribution in [1.29, 1.82) is 0 Å². The Labute approximate surface area is 270 Å². The van der Waals surface area contributed by atoms with Crippen LogP contribution in [0.25, 0.3) is 0 Å². The number of carbonyl (C=O) groups is 2. The third kappa shape index (κ3) is 9.86. The van der Waals surface area contributed by atoms with Gasteiger partial charge in [-0.3, -0.25) is 14.2 Å². The van der Waals surface area contributed by atoms with E-state index in [1.165, 1.54) is 28.4 Å². The van der Waals surface area contributed by atoms with Crippen LogP contribution in [0.4, 0.5) is 17.5 Å². The maximum atomic E-state index is 14.3. The lowest BCUT2D eigenvalue weighted by Gasteiger charge is -2.32. The fourth-order valence-corrected chi connectivity index (χ4v) is 7.23. The van der Waals surface area contributed by atoms with Gasteiger partial charge in [-0.05, 0) is 30.6 Å². The van der Waals surface area contributed by atoms with Crippen molar-refractivity contribution in [2.24, 2.45) is 23.7 Å². The van der Waals surface area contributed by atoms with Gasteiger partial charge in [0, 0.05) is 19.6 Å². The molecule has 0 spiro atoms. The standard InChI is InChI=1S/C28H52N7O10P/c1-14(2)10-18(25(37)43-8)34-46(40,35-19(11-15(3)4)26(38)44-9)45-13-20(41-6)22(36)28(39)16(5)17(28)12-31-21-23(29)32-27(30)33-24(21)42-7/h14-20,22,31,36,39H,10-13H2,1-9H3,(H2,34,35,40)(H4,29,30,32,33). The van der Waals surface area contributed by atoms with E-state index in [0.717, 1.165) is 0 Å². The molecule has 1 saturated carbocycles. The van der Waals surface area contributed by atoms with Gasteiger partial charge in [-0.25, -0.2) is 10.2 Å². The Balaban J connectivity index is 2.28. The second kappa shape index (κ2) is 16.9. The van der Waals surface area contributed by atoms with E-state index in [9.17, 15) is 24.4 Å². The molecule has 7 unspecified atom stereocenters. The quantitative estimate of drug-likeness (QED) is 0.0748. The predicted octanol–water partition coefficient (Wildman–Crippen LogP) is 0.914. The first-order chi connectivity index (χ1) is 21.5. The van der Waals surface area contributed by atoms with Crippen molar-refractivity contribution in [3.63, 3.8) is 0 Å². The van der Waals surface area contributed by atoms with Gasteiger partial charge in [0.05, 0.1) is 27.9 Å². The highest BCUT2D eigenvalue weighted by Crippen LogP contribution is 2.54. The molecule has 7 atom stereocenters. The summed E-state index contributed by atoms with van der Waals surface area (Å²) >= 11 is 0. The minimum Gasteiger partial charge on any atom is -0.479 e. The Bertz CT molecular complexity index is 1190. The molecule has 0 bridgehead atoms. The highest BCUT2D eigenvalue weighted by Gasteiger charge is 2.66. The van der Waals surface area contributed by atoms with Crippen molar-refractivity contribution in [1.82, 2.24) is 20.1 Å². The van der Waals surface area contributed by atoms with Crippen molar-refractivity contribution < 1.29 is 47.8 Å². The van der Waals surface area contributed by atoms with Crippen molar-refractivity contribution in [2.75, 3.05) is 58.4 Å². The maximum Gasteiger partial charge on any atom is 0.342 e. The van der Waals surface area contributed by atoms with Gasteiger partial charge < -0.3 is 50.5 Å². The molecule has 0 aromatic carbocycles. The summed E-state index contributed by atoms with van der Waals surface area (Å²) in [4.78, 5) is 33.2. The average Bonchev–Trinajstić information content (AvgIpc) is 3.53. The van der Waals surface area contributed by atoms with E-state index in [4.69, 9.17) is 34.9 Å². The molecule has 1 aromatic heterocycles. The van der Waals surface area contributed by atoms with Crippen LogP contribution in [0, 0.1) is 23.7 Å². The highest BCUT2D eigenvalue weighted by atomic mass is 31.2. The first-order valence-electron chi connectivity index (χ1n) is 15.1. The number of anilines is 3. The highest BCUT2D eigenvalue weighted by molar-refractivity contribution is 7.54. The Morgan fingerprint density at radius 1 is 0.978 bits per heavy atom. The van der Waals surface area contributed by atoms with E-state index in [2.05, 4.69) is 25.5 Å². The summed E-state index contributed by atoms with van der Waals surface area (Å²) in [5.74, 6) is -2.18. The van der Waals surface area contributed by atoms with E-state index in [1.54, 1.807) is 6.92 Å². The zero-order chi connectivity index (χ0) is 35.0. The van der Waals surface area contributed by atoms with E-state index in [1.807, 2.05) is 27.7 Å². The molecule has 264 valence electrons. The minimum atomic E-state index is -4.26. The van der Waals surface area contributed by atoms with Crippen LogP contribution in [-0.2, 0) is 32.9 Å².